The Balaban J connectivity index is 2.38. The van der Waals surface area contributed by atoms with Crippen molar-refractivity contribution in [1.29, 1.82) is 0 Å². The molecule has 0 saturated carbocycles. The minimum Gasteiger partial charge on any atom is -0.397 e. The van der Waals surface area contributed by atoms with Crippen LogP contribution >= 0.6 is 0 Å². The normalized spacial score (nSPS) is 11.5. The summed E-state index contributed by atoms with van der Waals surface area (Å²) in [4.78, 5) is 6.66. The van der Waals surface area contributed by atoms with E-state index < -0.39 is 0 Å². The summed E-state index contributed by atoms with van der Waals surface area (Å²) in [6, 6.07) is 4.90. The maximum Gasteiger partial charge on any atom is 0.126 e. The zero-order valence-electron chi connectivity index (χ0n) is 11.3. The van der Waals surface area contributed by atoms with Crippen LogP contribution in [-0.2, 0) is 0 Å². The van der Waals surface area contributed by atoms with Crippen molar-refractivity contribution in [3.8, 4) is 0 Å². The van der Waals surface area contributed by atoms with E-state index in [0.717, 1.165) is 18.9 Å². The van der Waals surface area contributed by atoms with E-state index in [2.05, 4.69) is 42.9 Å². The van der Waals surface area contributed by atoms with Gasteiger partial charge in [-0.05, 0) is 39.8 Å². The SMILES string of the molecule is CC(C)N(CCNc1ccc(N)cn1)C(C)C. The standard InChI is InChI=1S/C13H24N4/c1-10(2)17(11(3)4)8-7-15-13-6-5-12(14)9-16-13/h5-6,9-11H,7-8,14H2,1-4H3,(H,15,16). The topological polar surface area (TPSA) is 54.2 Å². The summed E-state index contributed by atoms with van der Waals surface area (Å²) in [5, 5.41) is 3.30. The second-order valence-electron chi connectivity index (χ2n) is 4.83. The van der Waals surface area contributed by atoms with Gasteiger partial charge >= 0.3 is 0 Å². The van der Waals surface area contributed by atoms with Gasteiger partial charge in [0.1, 0.15) is 5.82 Å². The van der Waals surface area contributed by atoms with Crippen LogP contribution in [0, 0.1) is 0 Å². The highest BCUT2D eigenvalue weighted by Gasteiger charge is 2.12. The number of hydrogen-bond donors (Lipinski definition) is 2. The second kappa shape index (κ2) is 6.45. The van der Waals surface area contributed by atoms with E-state index in [0.29, 0.717) is 17.8 Å². The first kappa shape index (κ1) is 13.8. The molecule has 17 heavy (non-hydrogen) atoms. The van der Waals surface area contributed by atoms with Crippen LogP contribution in [0.25, 0.3) is 0 Å². The number of nitrogens with one attached hydrogen (secondary N) is 1. The highest BCUT2D eigenvalue weighted by Crippen LogP contribution is 2.07. The van der Waals surface area contributed by atoms with Crippen LogP contribution < -0.4 is 11.1 Å². The molecule has 0 bridgehead atoms. The number of nitrogen functional groups attached to an aromatic ring is 1. The molecule has 4 nitrogen and oxygen atoms in total. The van der Waals surface area contributed by atoms with E-state index >= 15 is 0 Å². The first-order chi connectivity index (χ1) is 8.00. The molecule has 96 valence electrons. The molecule has 1 aromatic rings. The molecule has 4 heteroatoms. The van der Waals surface area contributed by atoms with Gasteiger partial charge in [0.05, 0.1) is 11.9 Å². The van der Waals surface area contributed by atoms with Gasteiger partial charge in [-0.3, -0.25) is 4.90 Å². The lowest BCUT2D eigenvalue weighted by Crippen LogP contribution is -2.40. The van der Waals surface area contributed by atoms with Gasteiger partial charge in [0.15, 0.2) is 0 Å². The second-order valence-corrected chi connectivity index (χ2v) is 4.83. The summed E-state index contributed by atoms with van der Waals surface area (Å²) in [7, 11) is 0. The van der Waals surface area contributed by atoms with E-state index in [4.69, 9.17) is 5.73 Å². The number of nitrogens with zero attached hydrogens (tertiary/aromatic N) is 2. The molecule has 0 radical (unpaired) electrons. The molecule has 0 spiro atoms. The Morgan fingerprint density at radius 1 is 1.24 bits per heavy atom. The van der Waals surface area contributed by atoms with E-state index in [-0.39, 0.29) is 0 Å². The van der Waals surface area contributed by atoms with Crippen LogP contribution in [0.15, 0.2) is 18.3 Å². The summed E-state index contributed by atoms with van der Waals surface area (Å²) < 4.78 is 0. The summed E-state index contributed by atoms with van der Waals surface area (Å²) >= 11 is 0. The molecule has 3 N–H and O–H groups in total. The predicted molar refractivity (Wildman–Crippen MR) is 74.1 cm³/mol. The Kier molecular flexibility index (Phi) is 5.22. The first-order valence-electron chi connectivity index (χ1n) is 6.22. The molecule has 0 aliphatic carbocycles. The lowest BCUT2D eigenvalue weighted by atomic mass is 10.2. The zero-order valence-corrected chi connectivity index (χ0v) is 11.3. The van der Waals surface area contributed by atoms with Gasteiger partial charge in [0.25, 0.3) is 0 Å². The lowest BCUT2D eigenvalue weighted by Gasteiger charge is -2.30. The molecule has 0 unspecified atom stereocenters. The molecule has 0 amide bonds. The molecule has 0 atom stereocenters. The third-order valence-corrected chi connectivity index (χ3v) is 2.79. The van der Waals surface area contributed by atoms with Crippen molar-refractivity contribution < 1.29 is 0 Å². The highest BCUT2D eigenvalue weighted by atomic mass is 15.2. The Morgan fingerprint density at radius 3 is 2.35 bits per heavy atom. The number of hydrogen-bond acceptors (Lipinski definition) is 4. The molecular weight excluding hydrogens is 212 g/mol. The number of rotatable bonds is 6. The summed E-state index contributed by atoms with van der Waals surface area (Å²) in [6.45, 7) is 10.8. The number of aromatic nitrogens is 1. The number of anilines is 2. The molecule has 0 fully saturated rings. The van der Waals surface area contributed by atoms with Gasteiger partial charge in [-0.15, -0.1) is 0 Å². The fraction of sp³-hybridized carbons (Fsp3) is 0.615. The summed E-state index contributed by atoms with van der Waals surface area (Å²) in [5.41, 5.74) is 6.28. The van der Waals surface area contributed by atoms with Gasteiger partial charge in [0.2, 0.25) is 0 Å². The average molecular weight is 236 g/mol. The molecule has 0 aliphatic rings. The molecule has 1 aromatic heterocycles. The smallest absolute Gasteiger partial charge is 0.126 e. The quantitative estimate of drug-likeness (QED) is 0.795. The molecule has 0 aliphatic heterocycles. The van der Waals surface area contributed by atoms with E-state index in [9.17, 15) is 0 Å². The monoisotopic (exact) mass is 236 g/mol. The molecule has 0 saturated heterocycles. The van der Waals surface area contributed by atoms with Gasteiger partial charge in [-0.25, -0.2) is 4.98 Å². The number of nitrogens with two attached hydrogens (primary N) is 1. The third-order valence-electron chi connectivity index (χ3n) is 2.79. The van der Waals surface area contributed by atoms with E-state index in [1.54, 1.807) is 6.20 Å². The van der Waals surface area contributed by atoms with Gasteiger partial charge in [0, 0.05) is 25.2 Å². The highest BCUT2D eigenvalue weighted by molar-refractivity contribution is 5.43. The summed E-state index contributed by atoms with van der Waals surface area (Å²) in [6.07, 6.45) is 1.67. The largest absolute Gasteiger partial charge is 0.397 e. The van der Waals surface area contributed by atoms with Crippen molar-refractivity contribution >= 4 is 11.5 Å². The minimum atomic E-state index is 0.566. The Labute approximate surface area is 104 Å². The van der Waals surface area contributed by atoms with Crippen LogP contribution in [0.4, 0.5) is 11.5 Å². The lowest BCUT2D eigenvalue weighted by molar-refractivity contribution is 0.182. The Bertz CT molecular complexity index is 311. The maximum absolute atomic E-state index is 5.58. The van der Waals surface area contributed by atoms with Crippen molar-refractivity contribution in [3.63, 3.8) is 0 Å². The van der Waals surface area contributed by atoms with Crippen LogP contribution in [0.3, 0.4) is 0 Å². The molecule has 1 rings (SSSR count). The third kappa shape index (κ3) is 4.61. The average Bonchev–Trinajstić information content (AvgIpc) is 2.25. The Morgan fingerprint density at radius 2 is 1.88 bits per heavy atom. The minimum absolute atomic E-state index is 0.566. The van der Waals surface area contributed by atoms with Crippen molar-refractivity contribution in [2.75, 3.05) is 24.1 Å². The van der Waals surface area contributed by atoms with Gasteiger partial charge in [-0.1, -0.05) is 0 Å². The van der Waals surface area contributed by atoms with Gasteiger partial charge < -0.3 is 11.1 Å². The van der Waals surface area contributed by atoms with Crippen LogP contribution in [0.5, 0.6) is 0 Å². The summed E-state index contributed by atoms with van der Waals surface area (Å²) in [5.74, 6) is 0.881. The van der Waals surface area contributed by atoms with Crippen molar-refractivity contribution in [1.82, 2.24) is 9.88 Å². The fourth-order valence-electron chi connectivity index (χ4n) is 1.94. The fourth-order valence-corrected chi connectivity index (χ4v) is 1.94. The molecule has 1 heterocycles. The van der Waals surface area contributed by atoms with Crippen molar-refractivity contribution in [2.45, 2.75) is 39.8 Å². The maximum atomic E-state index is 5.58. The number of pyridine rings is 1. The molecular formula is C13H24N4. The first-order valence-corrected chi connectivity index (χ1v) is 6.22. The van der Waals surface area contributed by atoms with E-state index in [1.165, 1.54) is 0 Å². The van der Waals surface area contributed by atoms with Crippen LogP contribution in [0.1, 0.15) is 27.7 Å². The van der Waals surface area contributed by atoms with Crippen LogP contribution in [0.2, 0.25) is 0 Å². The van der Waals surface area contributed by atoms with Crippen molar-refractivity contribution in [3.05, 3.63) is 18.3 Å². The van der Waals surface area contributed by atoms with Crippen molar-refractivity contribution in [2.24, 2.45) is 0 Å². The predicted octanol–water partition coefficient (Wildman–Crippen LogP) is 2.19. The van der Waals surface area contributed by atoms with Crippen LogP contribution in [-0.4, -0.2) is 35.1 Å². The zero-order chi connectivity index (χ0) is 12.8. The molecule has 0 aromatic carbocycles. The Hall–Kier alpha value is -1.29. The van der Waals surface area contributed by atoms with E-state index in [1.807, 2.05) is 12.1 Å². The van der Waals surface area contributed by atoms with Gasteiger partial charge in [-0.2, -0.15) is 0 Å².